The highest BCUT2D eigenvalue weighted by Crippen LogP contribution is 2.12. The second-order valence-corrected chi connectivity index (χ2v) is 3.43. The number of hydrogen-bond donors (Lipinski definition) is 2. The number of rotatable bonds is 3. The van der Waals surface area contributed by atoms with E-state index >= 15 is 0 Å². The summed E-state index contributed by atoms with van der Waals surface area (Å²) < 4.78 is 20.3. The topological polar surface area (TPSA) is 64.2 Å². The number of hydrazine groups is 1. The Balaban J connectivity index is 2.68. The molecule has 0 saturated heterocycles. The fourth-order valence-corrected chi connectivity index (χ4v) is 1.12. The van der Waals surface area contributed by atoms with Gasteiger partial charge in [-0.1, -0.05) is 6.07 Å². The molecule has 1 unspecified atom stereocenters. The zero-order valence-corrected chi connectivity index (χ0v) is 8.27. The smallest absolute Gasteiger partial charge is 0.0499 e. The van der Waals surface area contributed by atoms with E-state index in [1.54, 1.807) is 0 Å². The molecule has 1 atom stereocenters. The predicted molar refractivity (Wildman–Crippen MR) is 51.6 cm³/mol. The van der Waals surface area contributed by atoms with Gasteiger partial charge in [-0.05, 0) is 37.1 Å². The van der Waals surface area contributed by atoms with Crippen LogP contribution in [0.2, 0.25) is 0 Å². The third kappa shape index (κ3) is 3.14. The Morgan fingerprint density at radius 1 is 1.31 bits per heavy atom. The van der Waals surface area contributed by atoms with Gasteiger partial charge in [0.2, 0.25) is 0 Å². The quantitative estimate of drug-likeness (QED) is 0.564. The van der Waals surface area contributed by atoms with E-state index in [0.717, 1.165) is 11.3 Å². The molecule has 0 radical (unpaired) electrons. The van der Waals surface area contributed by atoms with E-state index in [2.05, 4.69) is 10.3 Å². The standard InChI is InChI=1S/C8H12N2O2S/c1-6-3-4-8(5-7(6)2)9-10-13(11)12/h3-5,9-10H,1-2H3,(H,11,12)/p-1. The Morgan fingerprint density at radius 2 is 2.00 bits per heavy atom. The van der Waals surface area contributed by atoms with Crippen molar-refractivity contribution in [3.63, 3.8) is 0 Å². The molecular formula is C8H11N2O2S-. The van der Waals surface area contributed by atoms with Crippen LogP contribution in [0.15, 0.2) is 18.2 Å². The van der Waals surface area contributed by atoms with Gasteiger partial charge in [-0.2, -0.15) is 4.83 Å². The van der Waals surface area contributed by atoms with Crippen molar-refractivity contribution in [3.8, 4) is 0 Å². The van der Waals surface area contributed by atoms with E-state index in [1.807, 2.05) is 32.0 Å². The van der Waals surface area contributed by atoms with Crippen molar-refractivity contribution in [2.75, 3.05) is 5.43 Å². The van der Waals surface area contributed by atoms with Crippen LogP contribution in [0.5, 0.6) is 0 Å². The maximum Gasteiger partial charge on any atom is 0.0499 e. The number of aryl methyl sites for hydroxylation is 2. The first-order valence-corrected chi connectivity index (χ1v) is 4.85. The van der Waals surface area contributed by atoms with Crippen LogP contribution in [-0.2, 0) is 11.3 Å². The predicted octanol–water partition coefficient (Wildman–Crippen LogP) is 1.01. The van der Waals surface area contributed by atoms with Gasteiger partial charge in [0, 0.05) is 17.0 Å². The van der Waals surface area contributed by atoms with Crippen molar-refractivity contribution >= 4 is 17.0 Å². The number of benzene rings is 1. The average Bonchev–Trinajstić information content (AvgIpc) is 2.07. The average molecular weight is 199 g/mol. The zero-order valence-electron chi connectivity index (χ0n) is 7.46. The molecule has 72 valence electrons. The van der Waals surface area contributed by atoms with E-state index in [0.29, 0.717) is 0 Å². The molecule has 1 rings (SSSR count). The maximum atomic E-state index is 10.2. The summed E-state index contributed by atoms with van der Waals surface area (Å²) in [4.78, 5) is 2.08. The van der Waals surface area contributed by atoms with Crippen LogP contribution in [0.4, 0.5) is 5.69 Å². The Morgan fingerprint density at radius 3 is 2.54 bits per heavy atom. The summed E-state index contributed by atoms with van der Waals surface area (Å²) in [5.74, 6) is 0. The van der Waals surface area contributed by atoms with Crippen molar-refractivity contribution < 1.29 is 8.76 Å². The van der Waals surface area contributed by atoms with Gasteiger partial charge >= 0.3 is 0 Å². The monoisotopic (exact) mass is 199 g/mol. The lowest BCUT2D eigenvalue weighted by molar-refractivity contribution is 0.528. The molecule has 1 aromatic carbocycles. The Hall–Kier alpha value is -0.910. The molecule has 0 aliphatic heterocycles. The number of hydrogen-bond acceptors (Lipinski definition) is 3. The highest BCUT2D eigenvalue weighted by atomic mass is 32.2. The van der Waals surface area contributed by atoms with Gasteiger partial charge in [0.05, 0.1) is 0 Å². The third-order valence-electron chi connectivity index (χ3n) is 1.79. The summed E-state index contributed by atoms with van der Waals surface area (Å²) >= 11 is -2.29. The van der Waals surface area contributed by atoms with Gasteiger partial charge in [0.1, 0.15) is 0 Å². The van der Waals surface area contributed by atoms with E-state index in [9.17, 15) is 8.76 Å². The lowest BCUT2D eigenvalue weighted by Gasteiger charge is -2.11. The highest BCUT2D eigenvalue weighted by Gasteiger charge is 1.94. The van der Waals surface area contributed by atoms with Crippen molar-refractivity contribution in [1.82, 2.24) is 4.83 Å². The van der Waals surface area contributed by atoms with Crippen LogP contribution >= 0.6 is 0 Å². The minimum Gasteiger partial charge on any atom is -0.759 e. The molecule has 0 fully saturated rings. The maximum absolute atomic E-state index is 10.2. The Bertz CT molecular complexity index is 328. The molecule has 0 heterocycles. The summed E-state index contributed by atoms with van der Waals surface area (Å²) in [6, 6.07) is 5.60. The minimum absolute atomic E-state index is 0.729. The highest BCUT2D eigenvalue weighted by molar-refractivity contribution is 7.77. The van der Waals surface area contributed by atoms with Crippen molar-refractivity contribution in [2.24, 2.45) is 0 Å². The van der Waals surface area contributed by atoms with Crippen molar-refractivity contribution in [2.45, 2.75) is 13.8 Å². The Kier molecular flexibility index (Phi) is 3.41. The second-order valence-electron chi connectivity index (χ2n) is 2.76. The largest absolute Gasteiger partial charge is 0.759 e. The SMILES string of the molecule is Cc1ccc(NNS(=O)[O-])cc1C. The first-order valence-electron chi connectivity index (χ1n) is 3.78. The second kappa shape index (κ2) is 4.36. The summed E-state index contributed by atoms with van der Waals surface area (Å²) in [7, 11) is 0. The van der Waals surface area contributed by atoms with Gasteiger partial charge < -0.3 is 9.98 Å². The lowest BCUT2D eigenvalue weighted by Crippen LogP contribution is -2.23. The molecule has 0 aliphatic rings. The molecule has 2 N–H and O–H groups in total. The number of nitrogens with one attached hydrogen (secondary N) is 2. The molecule has 1 aromatic rings. The lowest BCUT2D eigenvalue weighted by atomic mass is 10.1. The Labute approximate surface area is 79.7 Å². The molecule has 5 heteroatoms. The van der Waals surface area contributed by atoms with Crippen LogP contribution in [0.25, 0.3) is 0 Å². The number of anilines is 1. The van der Waals surface area contributed by atoms with Gasteiger partial charge in [0.15, 0.2) is 0 Å². The first-order chi connectivity index (χ1) is 6.09. The zero-order chi connectivity index (χ0) is 9.84. The van der Waals surface area contributed by atoms with Crippen molar-refractivity contribution in [1.29, 1.82) is 0 Å². The molecule has 0 spiro atoms. The van der Waals surface area contributed by atoms with Gasteiger partial charge in [0.25, 0.3) is 0 Å². The van der Waals surface area contributed by atoms with Crippen LogP contribution in [-0.4, -0.2) is 8.76 Å². The van der Waals surface area contributed by atoms with Crippen molar-refractivity contribution in [3.05, 3.63) is 29.3 Å². The van der Waals surface area contributed by atoms with Crippen LogP contribution in [0.3, 0.4) is 0 Å². The third-order valence-corrected chi connectivity index (χ3v) is 2.05. The molecule has 0 aliphatic carbocycles. The first kappa shape index (κ1) is 10.2. The van der Waals surface area contributed by atoms with Crippen LogP contribution < -0.4 is 10.3 Å². The summed E-state index contributed by atoms with van der Waals surface area (Å²) in [6.45, 7) is 3.97. The van der Waals surface area contributed by atoms with E-state index in [4.69, 9.17) is 0 Å². The molecule has 0 saturated carbocycles. The van der Waals surface area contributed by atoms with Gasteiger partial charge in [-0.3, -0.25) is 4.21 Å². The summed E-state index contributed by atoms with van der Waals surface area (Å²) in [5.41, 5.74) is 5.57. The van der Waals surface area contributed by atoms with Gasteiger partial charge in [-0.15, -0.1) is 0 Å². The molecular weight excluding hydrogens is 188 g/mol. The normalized spacial score (nSPS) is 12.5. The van der Waals surface area contributed by atoms with E-state index in [-0.39, 0.29) is 0 Å². The van der Waals surface area contributed by atoms with Crippen LogP contribution in [0, 0.1) is 13.8 Å². The van der Waals surface area contributed by atoms with E-state index in [1.165, 1.54) is 5.56 Å². The fourth-order valence-electron chi connectivity index (χ4n) is 0.920. The summed E-state index contributed by atoms with van der Waals surface area (Å²) in [5, 5.41) is 0. The molecule has 4 nitrogen and oxygen atoms in total. The molecule has 0 amide bonds. The minimum atomic E-state index is -2.29. The fraction of sp³-hybridized carbons (Fsp3) is 0.250. The van der Waals surface area contributed by atoms with E-state index < -0.39 is 11.3 Å². The van der Waals surface area contributed by atoms with Crippen LogP contribution in [0.1, 0.15) is 11.1 Å². The summed E-state index contributed by atoms with van der Waals surface area (Å²) in [6.07, 6.45) is 0. The molecule has 0 bridgehead atoms. The molecule has 0 aromatic heterocycles. The van der Waals surface area contributed by atoms with Gasteiger partial charge in [-0.25, -0.2) is 0 Å². The molecule has 13 heavy (non-hydrogen) atoms.